The van der Waals surface area contributed by atoms with E-state index in [2.05, 4.69) is 10.1 Å². The molecule has 0 aliphatic rings. The van der Waals surface area contributed by atoms with Crippen molar-refractivity contribution in [1.29, 1.82) is 0 Å². The molecule has 0 aliphatic heterocycles. The maximum absolute atomic E-state index is 11.4. The van der Waals surface area contributed by atoms with Crippen LogP contribution < -0.4 is 11.3 Å². The molecule has 0 aliphatic carbocycles. The van der Waals surface area contributed by atoms with Crippen molar-refractivity contribution < 1.29 is 0 Å². The molecule has 0 atom stereocenters. The van der Waals surface area contributed by atoms with E-state index in [4.69, 9.17) is 5.73 Å². The van der Waals surface area contributed by atoms with E-state index in [-0.39, 0.29) is 5.56 Å². The summed E-state index contributed by atoms with van der Waals surface area (Å²) in [6, 6.07) is 5.15. The van der Waals surface area contributed by atoms with Gasteiger partial charge in [-0.3, -0.25) is 9.78 Å². The van der Waals surface area contributed by atoms with E-state index >= 15 is 0 Å². The molecular weight excluding hydrogens is 216 g/mol. The minimum absolute atomic E-state index is 0.0980. The molecule has 0 saturated carbocycles. The Morgan fingerprint density at radius 3 is 2.88 bits per heavy atom. The maximum atomic E-state index is 11.4. The van der Waals surface area contributed by atoms with Crippen LogP contribution in [0.15, 0.2) is 35.4 Å². The minimum atomic E-state index is -0.0980. The van der Waals surface area contributed by atoms with E-state index in [9.17, 15) is 4.79 Å². The summed E-state index contributed by atoms with van der Waals surface area (Å²) in [4.78, 5) is 15.5. The lowest BCUT2D eigenvalue weighted by Crippen LogP contribution is -2.21. The molecule has 0 unspecified atom stereocenters. The van der Waals surface area contributed by atoms with Gasteiger partial charge in [0.1, 0.15) is 0 Å². The van der Waals surface area contributed by atoms with Crippen LogP contribution in [0.5, 0.6) is 0 Å². The van der Waals surface area contributed by atoms with Crippen LogP contribution in [0.2, 0.25) is 0 Å². The topological polar surface area (TPSA) is 73.8 Å². The standard InChI is InChI=1S/C12H14N4O/c1-2-16-12(17)4-3-11(15-16)10-5-9(6-13)7-14-8-10/h3-5,7-8H,2,6,13H2,1H3. The van der Waals surface area contributed by atoms with Gasteiger partial charge in [-0.15, -0.1) is 0 Å². The van der Waals surface area contributed by atoms with E-state index in [1.54, 1.807) is 18.5 Å². The second kappa shape index (κ2) is 4.88. The zero-order valence-electron chi connectivity index (χ0n) is 9.63. The van der Waals surface area contributed by atoms with E-state index in [1.807, 2.05) is 13.0 Å². The number of hydrogen-bond acceptors (Lipinski definition) is 4. The summed E-state index contributed by atoms with van der Waals surface area (Å²) in [5.74, 6) is 0. The quantitative estimate of drug-likeness (QED) is 0.845. The molecule has 0 amide bonds. The average molecular weight is 230 g/mol. The Kier molecular flexibility index (Phi) is 3.30. The number of aromatic nitrogens is 3. The Balaban J connectivity index is 2.48. The summed E-state index contributed by atoms with van der Waals surface area (Å²) >= 11 is 0. The van der Waals surface area contributed by atoms with Crippen molar-refractivity contribution in [2.45, 2.75) is 20.0 Å². The van der Waals surface area contributed by atoms with E-state index in [1.165, 1.54) is 10.7 Å². The van der Waals surface area contributed by atoms with Gasteiger partial charge in [-0.2, -0.15) is 5.10 Å². The predicted octanol–water partition coefficient (Wildman–Crippen LogP) is 0.784. The first kappa shape index (κ1) is 11.5. The van der Waals surface area contributed by atoms with Gasteiger partial charge in [0.25, 0.3) is 5.56 Å². The zero-order valence-corrected chi connectivity index (χ0v) is 9.63. The van der Waals surface area contributed by atoms with Crippen molar-refractivity contribution in [2.24, 2.45) is 5.73 Å². The first-order valence-corrected chi connectivity index (χ1v) is 5.47. The molecule has 0 fully saturated rings. The lowest BCUT2D eigenvalue weighted by atomic mass is 10.1. The van der Waals surface area contributed by atoms with Crippen LogP contribution in [0.25, 0.3) is 11.3 Å². The zero-order chi connectivity index (χ0) is 12.3. The van der Waals surface area contributed by atoms with Gasteiger partial charge in [0.2, 0.25) is 0 Å². The van der Waals surface area contributed by atoms with Crippen molar-refractivity contribution in [3.8, 4) is 11.3 Å². The third-order valence-corrected chi connectivity index (χ3v) is 2.49. The molecular formula is C12H14N4O. The molecule has 0 saturated heterocycles. The summed E-state index contributed by atoms with van der Waals surface area (Å²) in [6.07, 6.45) is 3.44. The van der Waals surface area contributed by atoms with Crippen LogP contribution in [0.3, 0.4) is 0 Å². The third kappa shape index (κ3) is 2.39. The number of nitrogens with two attached hydrogens (primary N) is 1. The van der Waals surface area contributed by atoms with Gasteiger partial charge in [0.05, 0.1) is 5.69 Å². The molecule has 2 aromatic rings. The van der Waals surface area contributed by atoms with Crippen LogP contribution in [0, 0.1) is 0 Å². The fraction of sp³-hybridized carbons (Fsp3) is 0.250. The highest BCUT2D eigenvalue weighted by Gasteiger charge is 2.03. The summed E-state index contributed by atoms with van der Waals surface area (Å²) in [5.41, 5.74) is 8.01. The molecule has 88 valence electrons. The summed E-state index contributed by atoms with van der Waals surface area (Å²) in [7, 11) is 0. The predicted molar refractivity (Wildman–Crippen MR) is 65.3 cm³/mol. The molecule has 0 aromatic carbocycles. The van der Waals surface area contributed by atoms with Crippen LogP contribution in [0.4, 0.5) is 0 Å². The Labute approximate surface area is 98.9 Å². The number of rotatable bonds is 3. The minimum Gasteiger partial charge on any atom is -0.326 e. The third-order valence-electron chi connectivity index (χ3n) is 2.49. The van der Waals surface area contributed by atoms with Crippen LogP contribution in [0.1, 0.15) is 12.5 Å². The van der Waals surface area contributed by atoms with Gasteiger partial charge in [-0.25, -0.2) is 4.68 Å². The second-order valence-corrected chi connectivity index (χ2v) is 3.66. The molecule has 0 bridgehead atoms. The summed E-state index contributed by atoms with van der Waals surface area (Å²) < 4.78 is 1.42. The Morgan fingerprint density at radius 2 is 2.18 bits per heavy atom. The molecule has 2 heterocycles. The molecule has 0 radical (unpaired) electrons. The van der Waals surface area contributed by atoms with E-state index in [0.29, 0.717) is 13.1 Å². The molecule has 2 N–H and O–H groups in total. The first-order chi connectivity index (χ1) is 8.24. The van der Waals surface area contributed by atoms with E-state index < -0.39 is 0 Å². The highest BCUT2D eigenvalue weighted by molar-refractivity contribution is 5.57. The fourth-order valence-electron chi connectivity index (χ4n) is 1.57. The Hall–Kier alpha value is -2.01. The van der Waals surface area contributed by atoms with Gasteiger partial charge >= 0.3 is 0 Å². The van der Waals surface area contributed by atoms with Crippen LogP contribution in [-0.4, -0.2) is 14.8 Å². The Bertz CT molecular complexity index is 577. The maximum Gasteiger partial charge on any atom is 0.266 e. The lowest BCUT2D eigenvalue weighted by molar-refractivity contribution is 0.619. The van der Waals surface area contributed by atoms with Gasteiger partial charge < -0.3 is 5.73 Å². The number of aryl methyl sites for hydroxylation is 1. The monoisotopic (exact) mass is 230 g/mol. The smallest absolute Gasteiger partial charge is 0.266 e. The van der Waals surface area contributed by atoms with Crippen molar-refractivity contribution in [3.63, 3.8) is 0 Å². The fourth-order valence-corrected chi connectivity index (χ4v) is 1.57. The number of hydrogen-bond donors (Lipinski definition) is 1. The number of pyridine rings is 1. The molecule has 2 rings (SSSR count). The molecule has 0 spiro atoms. The summed E-state index contributed by atoms with van der Waals surface area (Å²) in [6.45, 7) is 2.87. The Morgan fingerprint density at radius 1 is 1.35 bits per heavy atom. The first-order valence-electron chi connectivity index (χ1n) is 5.47. The number of nitrogens with zero attached hydrogens (tertiary/aromatic N) is 3. The highest BCUT2D eigenvalue weighted by atomic mass is 16.1. The largest absolute Gasteiger partial charge is 0.326 e. The van der Waals surface area contributed by atoms with Crippen LogP contribution >= 0.6 is 0 Å². The summed E-state index contributed by atoms with van der Waals surface area (Å²) in [5, 5.41) is 4.26. The van der Waals surface area contributed by atoms with Gasteiger partial charge in [-0.1, -0.05) is 0 Å². The SMILES string of the molecule is CCn1nc(-c2cncc(CN)c2)ccc1=O. The molecule has 2 aromatic heterocycles. The van der Waals surface area contributed by atoms with Crippen molar-refractivity contribution in [2.75, 3.05) is 0 Å². The molecule has 5 nitrogen and oxygen atoms in total. The van der Waals surface area contributed by atoms with E-state index in [0.717, 1.165) is 16.8 Å². The van der Waals surface area contributed by atoms with Crippen molar-refractivity contribution in [3.05, 3.63) is 46.5 Å². The molecule has 17 heavy (non-hydrogen) atoms. The van der Waals surface area contributed by atoms with Crippen LogP contribution in [-0.2, 0) is 13.1 Å². The van der Waals surface area contributed by atoms with Gasteiger partial charge in [0.15, 0.2) is 0 Å². The highest BCUT2D eigenvalue weighted by Crippen LogP contribution is 2.15. The lowest BCUT2D eigenvalue weighted by Gasteiger charge is -2.05. The van der Waals surface area contributed by atoms with Crippen molar-refractivity contribution in [1.82, 2.24) is 14.8 Å². The van der Waals surface area contributed by atoms with Gasteiger partial charge in [-0.05, 0) is 24.6 Å². The average Bonchev–Trinajstić information content (AvgIpc) is 2.39. The van der Waals surface area contributed by atoms with Crippen molar-refractivity contribution >= 4 is 0 Å². The normalized spacial score (nSPS) is 10.5. The van der Waals surface area contributed by atoms with Gasteiger partial charge in [0, 0.05) is 37.1 Å². The molecule has 5 heteroatoms. The second-order valence-electron chi connectivity index (χ2n) is 3.66.